The number of ether oxygens (including phenoxy) is 2. The van der Waals surface area contributed by atoms with Crippen LogP contribution in [-0.2, 0) is 0 Å². The molecule has 0 aliphatic carbocycles. The SMILES string of the molecule is COc1ccc(OC)c(NC(=O)c2cnc(C)cc2Cl)c1. The van der Waals surface area contributed by atoms with Crippen molar-refractivity contribution in [3.8, 4) is 11.5 Å². The number of nitrogens with one attached hydrogen (secondary N) is 1. The third-order valence-electron chi connectivity index (χ3n) is 2.89. The molecule has 1 N–H and O–H groups in total. The Bertz CT molecular complexity index is 674. The summed E-state index contributed by atoms with van der Waals surface area (Å²) in [4.78, 5) is 16.4. The highest BCUT2D eigenvalue weighted by molar-refractivity contribution is 6.34. The van der Waals surface area contributed by atoms with E-state index in [0.717, 1.165) is 5.69 Å². The van der Waals surface area contributed by atoms with Crippen LogP contribution in [0.1, 0.15) is 16.1 Å². The van der Waals surface area contributed by atoms with Crippen molar-refractivity contribution in [2.45, 2.75) is 6.92 Å². The van der Waals surface area contributed by atoms with E-state index in [1.54, 1.807) is 38.3 Å². The third kappa shape index (κ3) is 3.44. The van der Waals surface area contributed by atoms with E-state index in [2.05, 4.69) is 10.3 Å². The maximum absolute atomic E-state index is 12.3. The number of hydrogen-bond acceptors (Lipinski definition) is 4. The maximum Gasteiger partial charge on any atom is 0.258 e. The summed E-state index contributed by atoms with van der Waals surface area (Å²) in [6, 6.07) is 6.77. The number of anilines is 1. The van der Waals surface area contributed by atoms with Crippen molar-refractivity contribution < 1.29 is 14.3 Å². The fraction of sp³-hybridized carbons (Fsp3) is 0.200. The predicted molar refractivity (Wildman–Crippen MR) is 81.5 cm³/mol. The summed E-state index contributed by atoms with van der Waals surface area (Å²) in [7, 11) is 3.08. The monoisotopic (exact) mass is 306 g/mol. The van der Waals surface area contributed by atoms with Crippen LogP contribution in [0, 0.1) is 6.92 Å². The van der Waals surface area contributed by atoms with Gasteiger partial charge in [0.15, 0.2) is 0 Å². The molecule has 2 aromatic rings. The molecule has 21 heavy (non-hydrogen) atoms. The zero-order valence-electron chi connectivity index (χ0n) is 11.9. The summed E-state index contributed by atoms with van der Waals surface area (Å²) in [5, 5.41) is 3.09. The Balaban J connectivity index is 2.30. The molecule has 5 nitrogen and oxygen atoms in total. The van der Waals surface area contributed by atoms with Crippen LogP contribution >= 0.6 is 11.6 Å². The van der Waals surface area contributed by atoms with Crippen LogP contribution in [0.5, 0.6) is 11.5 Å². The van der Waals surface area contributed by atoms with Crippen LogP contribution in [0.2, 0.25) is 5.02 Å². The lowest BCUT2D eigenvalue weighted by Crippen LogP contribution is -2.14. The van der Waals surface area contributed by atoms with E-state index in [9.17, 15) is 4.79 Å². The van der Waals surface area contributed by atoms with Crippen molar-refractivity contribution in [3.63, 3.8) is 0 Å². The van der Waals surface area contributed by atoms with E-state index in [4.69, 9.17) is 21.1 Å². The fourth-order valence-corrected chi connectivity index (χ4v) is 2.09. The van der Waals surface area contributed by atoms with Gasteiger partial charge in [-0.05, 0) is 25.1 Å². The largest absolute Gasteiger partial charge is 0.497 e. The number of hydrogen-bond donors (Lipinski definition) is 1. The summed E-state index contributed by atoms with van der Waals surface area (Å²) >= 11 is 6.07. The van der Waals surface area contributed by atoms with Gasteiger partial charge in [-0.1, -0.05) is 11.6 Å². The van der Waals surface area contributed by atoms with E-state index in [1.807, 2.05) is 0 Å². The summed E-state index contributed by atoms with van der Waals surface area (Å²) < 4.78 is 10.3. The van der Waals surface area contributed by atoms with Gasteiger partial charge in [0.05, 0.1) is 30.5 Å². The van der Waals surface area contributed by atoms with Gasteiger partial charge in [0, 0.05) is 18.0 Å². The van der Waals surface area contributed by atoms with E-state index in [-0.39, 0.29) is 5.91 Å². The second-order valence-electron chi connectivity index (χ2n) is 4.33. The zero-order chi connectivity index (χ0) is 15.4. The van der Waals surface area contributed by atoms with Gasteiger partial charge in [-0.25, -0.2) is 0 Å². The minimum Gasteiger partial charge on any atom is -0.497 e. The average molecular weight is 307 g/mol. The Morgan fingerprint density at radius 3 is 2.62 bits per heavy atom. The molecule has 110 valence electrons. The van der Waals surface area contributed by atoms with Crippen LogP contribution < -0.4 is 14.8 Å². The fourth-order valence-electron chi connectivity index (χ4n) is 1.79. The topological polar surface area (TPSA) is 60.5 Å². The molecule has 0 aliphatic rings. The molecule has 2 rings (SSSR count). The van der Waals surface area contributed by atoms with Gasteiger partial charge in [-0.15, -0.1) is 0 Å². The molecule has 1 amide bonds. The standard InChI is InChI=1S/C15H15ClN2O3/c1-9-6-12(16)11(8-17-9)15(19)18-13-7-10(20-2)4-5-14(13)21-3/h4-8H,1-3H3,(H,18,19). The highest BCUT2D eigenvalue weighted by atomic mass is 35.5. The molecular weight excluding hydrogens is 292 g/mol. The Hall–Kier alpha value is -2.27. The van der Waals surface area contributed by atoms with Crippen molar-refractivity contribution in [1.82, 2.24) is 4.98 Å². The second-order valence-corrected chi connectivity index (χ2v) is 4.73. The molecule has 0 fully saturated rings. The number of amides is 1. The Morgan fingerprint density at radius 1 is 1.24 bits per heavy atom. The van der Waals surface area contributed by atoms with Crippen LogP contribution in [0.15, 0.2) is 30.5 Å². The summed E-state index contributed by atoms with van der Waals surface area (Å²) in [5.41, 5.74) is 1.54. The Morgan fingerprint density at radius 2 is 2.00 bits per heavy atom. The van der Waals surface area contributed by atoms with Crippen LogP contribution in [0.4, 0.5) is 5.69 Å². The van der Waals surface area contributed by atoms with Crippen molar-refractivity contribution in [2.75, 3.05) is 19.5 Å². The first-order chi connectivity index (χ1) is 10.0. The lowest BCUT2D eigenvalue weighted by Gasteiger charge is -2.12. The molecule has 0 aliphatic heterocycles. The second kappa shape index (κ2) is 6.45. The normalized spacial score (nSPS) is 10.1. The van der Waals surface area contributed by atoms with Gasteiger partial charge in [-0.2, -0.15) is 0 Å². The number of pyridine rings is 1. The number of aryl methyl sites for hydroxylation is 1. The number of rotatable bonds is 4. The van der Waals surface area contributed by atoms with Gasteiger partial charge < -0.3 is 14.8 Å². The first-order valence-electron chi connectivity index (χ1n) is 6.20. The minimum atomic E-state index is -0.362. The van der Waals surface area contributed by atoms with Gasteiger partial charge >= 0.3 is 0 Å². The first kappa shape index (κ1) is 15.1. The number of benzene rings is 1. The number of carbonyl (C=O) groups is 1. The van der Waals surface area contributed by atoms with E-state index >= 15 is 0 Å². The third-order valence-corrected chi connectivity index (χ3v) is 3.20. The van der Waals surface area contributed by atoms with Crippen LogP contribution in [0.3, 0.4) is 0 Å². The first-order valence-corrected chi connectivity index (χ1v) is 6.58. The van der Waals surface area contributed by atoms with Gasteiger partial charge in [0.2, 0.25) is 0 Å². The number of carbonyl (C=O) groups excluding carboxylic acids is 1. The number of aromatic nitrogens is 1. The van der Waals surface area contributed by atoms with Crippen molar-refractivity contribution in [1.29, 1.82) is 0 Å². The smallest absolute Gasteiger partial charge is 0.258 e. The molecule has 0 saturated heterocycles. The van der Waals surface area contributed by atoms with Crippen LogP contribution in [-0.4, -0.2) is 25.1 Å². The van der Waals surface area contributed by atoms with E-state index in [1.165, 1.54) is 13.3 Å². The predicted octanol–water partition coefficient (Wildman–Crippen LogP) is 3.31. The highest BCUT2D eigenvalue weighted by Crippen LogP contribution is 2.29. The number of halogens is 1. The quantitative estimate of drug-likeness (QED) is 0.941. The molecule has 1 aromatic carbocycles. The summed E-state index contributed by atoms with van der Waals surface area (Å²) in [5.74, 6) is 0.777. The minimum absolute atomic E-state index is 0.298. The molecule has 0 bridgehead atoms. The summed E-state index contributed by atoms with van der Waals surface area (Å²) in [6.07, 6.45) is 1.44. The molecular formula is C15H15ClN2O3. The van der Waals surface area contributed by atoms with E-state index in [0.29, 0.717) is 27.8 Å². The lowest BCUT2D eigenvalue weighted by atomic mass is 10.2. The Kier molecular flexibility index (Phi) is 4.65. The molecule has 0 saturated carbocycles. The number of methoxy groups -OCH3 is 2. The molecule has 0 unspecified atom stereocenters. The molecule has 0 spiro atoms. The molecule has 0 radical (unpaired) electrons. The molecule has 6 heteroatoms. The summed E-state index contributed by atoms with van der Waals surface area (Å²) in [6.45, 7) is 1.80. The van der Waals surface area contributed by atoms with Crippen molar-refractivity contribution in [3.05, 3.63) is 46.7 Å². The lowest BCUT2D eigenvalue weighted by molar-refractivity contribution is 0.102. The maximum atomic E-state index is 12.3. The van der Waals surface area contributed by atoms with Crippen molar-refractivity contribution in [2.24, 2.45) is 0 Å². The van der Waals surface area contributed by atoms with Gasteiger partial charge in [-0.3, -0.25) is 9.78 Å². The highest BCUT2D eigenvalue weighted by Gasteiger charge is 2.14. The zero-order valence-corrected chi connectivity index (χ0v) is 12.7. The van der Waals surface area contributed by atoms with Gasteiger partial charge in [0.1, 0.15) is 11.5 Å². The molecule has 0 atom stereocenters. The van der Waals surface area contributed by atoms with Crippen LogP contribution in [0.25, 0.3) is 0 Å². The average Bonchev–Trinajstić information content (AvgIpc) is 2.46. The van der Waals surface area contributed by atoms with Crippen molar-refractivity contribution >= 4 is 23.2 Å². The Labute approximate surface area is 127 Å². The van der Waals surface area contributed by atoms with E-state index < -0.39 is 0 Å². The molecule has 1 heterocycles. The molecule has 1 aromatic heterocycles. The number of nitrogens with zero attached hydrogens (tertiary/aromatic N) is 1. The van der Waals surface area contributed by atoms with Gasteiger partial charge in [0.25, 0.3) is 5.91 Å².